The van der Waals surface area contributed by atoms with Crippen LogP contribution in [0.3, 0.4) is 0 Å². The van der Waals surface area contributed by atoms with E-state index in [0.29, 0.717) is 0 Å². The summed E-state index contributed by atoms with van der Waals surface area (Å²) in [6.45, 7) is 7.20. The average Bonchev–Trinajstić information content (AvgIpc) is 2.46. The summed E-state index contributed by atoms with van der Waals surface area (Å²) in [6, 6.07) is 1.60. The van der Waals surface area contributed by atoms with Crippen molar-refractivity contribution in [3.8, 4) is 0 Å². The van der Waals surface area contributed by atoms with Crippen molar-refractivity contribution in [2.75, 3.05) is 53.4 Å². The Balaban J connectivity index is 1.66. The molecule has 4 heteroatoms. The third-order valence-electron chi connectivity index (χ3n) is 4.67. The van der Waals surface area contributed by atoms with E-state index in [0.717, 1.165) is 12.1 Å². The molecule has 2 fully saturated rings. The van der Waals surface area contributed by atoms with Gasteiger partial charge in [0.15, 0.2) is 0 Å². The van der Waals surface area contributed by atoms with E-state index in [1.54, 1.807) is 0 Å². The van der Waals surface area contributed by atoms with Gasteiger partial charge < -0.3 is 20.4 Å². The summed E-state index contributed by atoms with van der Waals surface area (Å²) in [5.74, 6) is 0. The molecule has 2 aliphatic rings. The Kier molecular flexibility index (Phi) is 5.89. The van der Waals surface area contributed by atoms with Crippen LogP contribution in [0.5, 0.6) is 0 Å². The van der Waals surface area contributed by atoms with Crippen LogP contribution < -0.4 is 10.6 Å². The van der Waals surface area contributed by atoms with E-state index in [4.69, 9.17) is 0 Å². The van der Waals surface area contributed by atoms with Gasteiger partial charge in [-0.3, -0.25) is 0 Å². The summed E-state index contributed by atoms with van der Waals surface area (Å²) >= 11 is 0. The molecule has 106 valence electrons. The fourth-order valence-corrected chi connectivity index (χ4v) is 3.18. The molecule has 2 aliphatic heterocycles. The van der Waals surface area contributed by atoms with Crippen molar-refractivity contribution in [2.45, 2.75) is 37.8 Å². The van der Waals surface area contributed by atoms with Gasteiger partial charge in [0, 0.05) is 25.2 Å². The lowest BCUT2D eigenvalue weighted by Crippen LogP contribution is -2.46. The molecule has 0 aromatic carbocycles. The van der Waals surface area contributed by atoms with E-state index < -0.39 is 0 Å². The summed E-state index contributed by atoms with van der Waals surface area (Å²) < 4.78 is 0. The van der Waals surface area contributed by atoms with Crippen molar-refractivity contribution >= 4 is 0 Å². The molecule has 0 aliphatic carbocycles. The third-order valence-corrected chi connectivity index (χ3v) is 4.67. The second-order valence-electron chi connectivity index (χ2n) is 5.92. The molecular formula is C14H30N4. The van der Waals surface area contributed by atoms with E-state index in [1.165, 1.54) is 65.0 Å². The van der Waals surface area contributed by atoms with Gasteiger partial charge in [0.1, 0.15) is 0 Å². The second kappa shape index (κ2) is 7.43. The fraction of sp³-hybridized carbons (Fsp3) is 1.00. The number of nitrogens with one attached hydrogen (secondary N) is 2. The van der Waals surface area contributed by atoms with Crippen LogP contribution in [0, 0.1) is 0 Å². The van der Waals surface area contributed by atoms with E-state index in [1.807, 2.05) is 0 Å². The lowest BCUT2D eigenvalue weighted by molar-refractivity contribution is 0.143. The van der Waals surface area contributed by atoms with Gasteiger partial charge in [-0.1, -0.05) is 0 Å². The lowest BCUT2D eigenvalue weighted by atomic mass is 10.0. The van der Waals surface area contributed by atoms with Crippen LogP contribution in [-0.4, -0.2) is 75.2 Å². The number of rotatable bonds is 5. The number of piperidine rings is 2. The fourth-order valence-electron chi connectivity index (χ4n) is 3.18. The molecule has 0 spiro atoms. The van der Waals surface area contributed by atoms with Crippen molar-refractivity contribution < 1.29 is 0 Å². The highest BCUT2D eigenvalue weighted by Gasteiger charge is 2.20. The van der Waals surface area contributed by atoms with Gasteiger partial charge in [0.25, 0.3) is 0 Å². The quantitative estimate of drug-likeness (QED) is 0.741. The summed E-state index contributed by atoms with van der Waals surface area (Å²) in [5, 5.41) is 6.88. The molecule has 0 aromatic heterocycles. The minimum Gasteiger partial charge on any atom is -0.317 e. The van der Waals surface area contributed by atoms with Crippen molar-refractivity contribution in [3.63, 3.8) is 0 Å². The van der Waals surface area contributed by atoms with Crippen LogP contribution >= 0.6 is 0 Å². The monoisotopic (exact) mass is 254 g/mol. The molecule has 2 heterocycles. The number of hydrogen-bond donors (Lipinski definition) is 2. The zero-order valence-corrected chi connectivity index (χ0v) is 12.1. The molecule has 0 bridgehead atoms. The van der Waals surface area contributed by atoms with Crippen LogP contribution in [0.15, 0.2) is 0 Å². The maximum absolute atomic E-state index is 3.44. The highest BCUT2D eigenvalue weighted by Crippen LogP contribution is 2.12. The first-order valence-electron chi connectivity index (χ1n) is 7.59. The average molecular weight is 254 g/mol. The molecule has 18 heavy (non-hydrogen) atoms. The Morgan fingerprint density at radius 1 is 0.722 bits per heavy atom. The first-order valence-corrected chi connectivity index (χ1v) is 7.59. The standard InChI is InChI=1S/C14H30N4/c1-17(13-3-7-15-8-4-13)11-12-18(2)14-5-9-16-10-6-14/h13-16H,3-12H2,1-2H3. The number of hydrogen-bond acceptors (Lipinski definition) is 4. The van der Waals surface area contributed by atoms with Gasteiger partial charge in [-0.05, 0) is 66.0 Å². The Bertz CT molecular complexity index is 198. The van der Waals surface area contributed by atoms with E-state index >= 15 is 0 Å². The largest absolute Gasteiger partial charge is 0.317 e. The number of likely N-dealkylation sites (N-methyl/N-ethyl adjacent to an activating group) is 2. The molecule has 0 aromatic rings. The highest BCUT2D eigenvalue weighted by molar-refractivity contribution is 4.79. The van der Waals surface area contributed by atoms with Crippen molar-refractivity contribution in [1.29, 1.82) is 0 Å². The molecule has 4 nitrogen and oxygen atoms in total. The van der Waals surface area contributed by atoms with E-state index in [9.17, 15) is 0 Å². The van der Waals surface area contributed by atoms with E-state index in [2.05, 4.69) is 34.5 Å². The Hall–Kier alpha value is -0.160. The van der Waals surface area contributed by atoms with Crippen LogP contribution in [0.25, 0.3) is 0 Å². The SMILES string of the molecule is CN(CCN(C)C1CCNCC1)C1CCNCC1. The smallest absolute Gasteiger partial charge is 0.0117 e. The Morgan fingerprint density at radius 2 is 1.06 bits per heavy atom. The molecular weight excluding hydrogens is 224 g/mol. The maximum Gasteiger partial charge on any atom is 0.0117 e. The van der Waals surface area contributed by atoms with Gasteiger partial charge in [-0.2, -0.15) is 0 Å². The first-order chi connectivity index (χ1) is 8.77. The molecule has 0 radical (unpaired) electrons. The predicted molar refractivity (Wildman–Crippen MR) is 77.0 cm³/mol. The van der Waals surface area contributed by atoms with Gasteiger partial charge in [0.2, 0.25) is 0 Å². The van der Waals surface area contributed by atoms with Crippen LogP contribution in [0.4, 0.5) is 0 Å². The highest BCUT2D eigenvalue weighted by atomic mass is 15.2. The van der Waals surface area contributed by atoms with Gasteiger partial charge in [-0.25, -0.2) is 0 Å². The zero-order chi connectivity index (χ0) is 12.8. The molecule has 0 unspecified atom stereocenters. The molecule has 2 rings (SSSR count). The van der Waals surface area contributed by atoms with Crippen LogP contribution in [0.1, 0.15) is 25.7 Å². The minimum atomic E-state index is 0.799. The van der Waals surface area contributed by atoms with Gasteiger partial charge >= 0.3 is 0 Å². The van der Waals surface area contributed by atoms with Crippen LogP contribution in [-0.2, 0) is 0 Å². The van der Waals surface area contributed by atoms with Crippen LogP contribution in [0.2, 0.25) is 0 Å². The third kappa shape index (κ3) is 4.19. The molecule has 0 amide bonds. The summed E-state index contributed by atoms with van der Waals surface area (Å²) in [5.41, 5.74) is 0. The minimum absolute atomic E-state index is 0.799. The molecule has 2 N–H and O–H groups in total. The molecule has 0 saturated carbocycles. The van der Waals surface area contributed by atoms with Gasteiger partial charge in [-0.15, -0.1) is 0 Å². The number of nitrogens with zero attached hydrogens (tertiary/aromatic N) is 2. The van der Waals surface area contributed by atoms with Crippen molar-refractivity contribution in [2.24, 2.45) is 0 Å². The Morgan fingerprint density at radius 3 is 1.39 bits per heavy atom. The second-order valence-corrected chi connectivity index (χ2v) is 5.92. The van der Waals surface area contributed by atoms with Crippen molar-refractivity contribution in [3.05, 3.63) is 0 Å². The summed E-state index contributed by atoms with van der Waals surface area (Å²) in [4.78, 5) is 5.14. The maximum atomic E-state index is 3.44. The zero-order valence-electron chi connectivity index (χ0n) is 12.1. The van der Waals surface area contributed by atoms with Crippen molar-refractivity contribution in [1.82, 2.24) is 20.4 Å². The summed E-state index contributed by atoms with van der Waals surface area (Å²) in [7, 11) is 4.60. The summed E-state index contributed by atoms with van der Waals surface area (Å²) in [6.07, 6.45) is 5.25. The topological polar surface area (TPSA) is 30.5 Å². The molecule has 0 atom stereocenters. The Labute approximate surface area is 112 Å². The van der Waals surface area contributed by atoms with Gasteiger partial charge in [0.05, 0.1) is 0 Å². The predicted octanol–water partition coefficient (Wildman–Crippen LogP) is 0.354. The van der Waals surface area contributed by atoms with E-state index in [-0.39, 0.29) is 0 Å². The molecule has 2 saturated heterocycles. The first kappa shape index (κ1) is 14.3. The normalized spacial score (nSPS) is 24.0. The lowest BCUT2D eigenvalue weighted by Gasteiger charge is -2.35.